The molecule has 6 rings (SSSR count). The average Bonchev–Trinajstić information content (AvgIpc) is 3.45. The van der Waals surface area contributed by atoms with E-state index in [1.807, 2.05) is 59.7 Å². The minimum atomic E-state index is -0.498. The number of amides is 2. The third kappa shape index (κ3) is 3.17. The SMILES string of the molecule is CCCC(=O)C1Cc2cccc3c2N1C=CN=C3C1=C(c2cnc3ccc(C)cn23)C(=O)NC1=O. The second-order valence-electron chi connectivity index (χ2n) is 9.04. The van der Waals surface area contributed by atoms with Crippen molar-refractivity contribution in [3.8, 4) is 0 Å². The molecular formula is C27H23N5O3. The third-order valence-corrected chi connectivity index (χ3v) is 6.76. The quantitative estimate of drug-likeness (QED) is 0.584. The van der Waals surface area contributed by atoms with Crippen LogP contribution >= 0.6 is 0 Å². The second kappa shape index (κ2) is 7.87. The number of hydrogen-bond acceptors (Lipinski definition) is 6. The van der Waals surface area contributed by atoms with Crippen LogP contribution in [0.1, 0.15) is 42.1 Å². The Morgan fingerprint density at radius 3 is 2.80 bits per heavy atom. The van der Waals surface area contributed by atoms with Crippen LogP contribution in [0.15, 0.2) is 65.7 Å². The topological polar surface area (TPSA) is 96.1 Å². The van der Waals surface area contributed by atoms with E-state index >= 15 is 0 Å². The number of imide groups is 1. The van der Waals surface area contributed by atoms with Crippen molar-refractivity contribution in [3.05, 3.63) is 83.1 Å². The molecule has 35 heavy (non-hydrogen) atoms. The highest BCUT2D eigenvalue weighted by Gasteiger charge is 2.40. The molecule has 0 saturated heterocycles. The van der Waals surface area contributed by atoms with Gasteiger partial charge in [-0.1, -0.05) is 31.2 Å². The number of benzene rings is 1. The van der Waals surface area contributed by atoms with Gasteiger partial charge in [0.2, 0.25) is 0 Å². The molecule has 1 aromatic carbocycles. The molecule has 8 heteroatoms. The molecule has 0 aliphatic carbocycles. The standard InChI is InChI=1S/C27H23N5O3/c1-3-5-20(33)18-12-16-6-4-7-17-24(28-10-11-31(18)25(16)17)23-22(26(34)30-27(23)35)19-13-29-21-9-8-15(2)14-32(19)21/h4,6-11,13-14,18H,3,5,12H2,1-2H3,(H,30,34,35). The number of ketones is 1. The number of nitrogens with one attached hydrogen (secondary N) is 1. The molecule has 3 aliphatic rings. The number of anilines is 1. The van der Waals surface area contributed by atoms with Crippen molar-refractivity contribution < 1.29 is 14.4 Å². The van der Waals surface area contributed by atoms with Crippen molar-refractivity contribution in [1.29, 1.82) is 0 Å². The molecule has 8 nitrogen and oxygen atoms in total. The van der Waals surface area contributed by atoms with E-state index in [1.54, 1.807) is 18.6 Å². The first kappa shape index (κ1) is 21.2. The van der Waals surface area contributed by atoms with Gasteiger partial charge in [0.05, 0.1) is 40.5 Å². The van der Waals surface area contributed by atoms with Crippen LogP contribution in [0.3, 0.4) is 0 Å². The summed E-state index contributed by atoms with van der Waals surface area (Å²) in [6, 6.07) is 9.32. The number of aliphatic imine (C=N–C) groups is 1. The monoisotopic (exact) mass is 465 g/mol. The highest BCUT2D eigenvalue weighted by Crippen LogP contribution is 2.40. The number of fused-ring (bicyclic) bond motifs is 1. The van der Waals surface area contributed by atoms with Crippen LogP contribution in [0.5, 0.6) is 0 Å². The van der Waals surface area contributed by atoms with E-state index in [2.05, 4.69) is 15.3 Å². The number of rotatable bonds is 5. The van der Waals surface area contributed by atoms with Gasteiger partial charge in [0.25, 0.3) is 11.8 Å². The molecule has 0 bridgehead atoms. The average molecular weight is 466 g/mol. The number of imidazole rings is 1. The van der Waals surface area contributed by atoms with Crippen molar-refractivity contribution >= 4 is 40.2 Å². The smallest absolute Gasteiger partial charge is 0.261 e. The zero-order valence-corrected chi connectivity index (χ0v) is 19.4. The van der Waals surface area contributed by atoms with Crippen LogP contribution < -0.4 is 10.2 Å². The lowest BCUT2D eigenvalue weighted by atomic mass is 9.94. The molecule has 0 spiro atoms. The van der Waals surface area contributed by atoms with E-state index in [-0.39, 0.29) is 23.0 Å². The second-order valence-corrected chi connectivity index (χ2v) is 9.04. The van der Waals surface area contributed by atoms with Crippen LogP contribution in [-0.4, -0.2) is 38.7 Å². The van der Waals surface area contributed by atoms with Crippen LogP contribution in [0.25, 0.3) is 11.2 Å². The lowest BCUT2D eigenvalue weighted by Gasteiger charge is -2.23. The van der Waals surface area contributed by atoms with E-state index in [9.17, 15) is 14.4 Å². The van der Waals surface area contributed by atoms with E-state index in [0.717, 1.165) is 28.8 Å². The highest BCUT2D eigenvalue weighted by atomic mass is 16.2. The van der Waals surface area contributed by atoms with Gasteiger partial charge in [-0.15, -0.1) is 0 Å². The van der Waals surface area contributed by atoms with Crippen molar-refractivity contribution in [2.75, 3.05) is 4.90 Å². The summed E-state index contributed by atoms with van der Waals surface area (Å²) in [7, 11) is 0. The van der Waals surface area contributed by atoms with Gasteiger partial charge in [-0.25, -0.2) is 4.98 Å². The first-order chi connectivity index (χ1) is 17.0. The molecule has 3 aliphatic heterocycles. The Bertz CT molecular complexity index is 1540. The van der Waals surface area contributed by atoms with Gasteiger partial charge in [0.1, 0.15) is 5.65 Å². The van der Waals surface area contributed by atoms with Crippen molar-refractivity contribution in [2.45, 2.75) is 39.2 Å². The number of aromatic nitrogens is 2. The normalized spacial score (nSPS) is 18.7. The van der Waals surface area contributed by atoms with Crippen LogP contribution in [-0.2, 0) is 20.8 Å². The zero-order valence-electron chi connectivity index (χ0n) is 19.4. The fourth-order valence-electron chi connectivity index (χ4n) is 5.22. The molecule has 3 aromatic rings. The Balaban J connectivity index is 1.55. The maximum atomic E-state index is 13.2. The van der Waals surface area contributed by atoms with Gasteiger partial charge in [0, 0.05) is 37.0 Å². The molecule has 2 aromatic heterocycles. The fourth-order valence-corrected chi connectivity index (χ4v) is 5.22. The Morgan fingerprint density at radius 2 is 1.97 bits per heavy atom. The molecule has 0 fully saturated rings. The summed E-state index contributed by atoms with van der Waals surface area (Å²) >= 11 is 0. The molecule has 0 saturated carbocycles. The van der Waals surface area contributed by atoms with E-state index in [0.29, 0.717) is 29.9 Å². The Hall–Kier alpha value is -4.33. The molecular weight excluding hydrogens is 442 g/mol. The molecule has 5 heterocycles. The summed E-state index contributed by atoms with van der Waals surface area (Å²) < 4.78 is 1.82. The minimum absolute atomic E-state index is 0.178. The lowest BCUT2D eigenvalue weighted by Crippen LogP contribution is -2.35. The highest BCUT2D eigenvalue weighted by molar-refractivity contribution is 6.47. The minimum Gasteiger partial charge on any atom is -0.335 e. The van der Waals surface area contributed by atoms with E-state index in [4.69, 9.17) is 0 Å². The van der Waals surface area contributed by atoms with Crippen LogP contribution in [0.4, 0.5) is 5.69 Å². The molecule has 1 N–H and O–H groups in total. The van der Waals surface area contributed by atoms with Gasteiger partial charge in [-0.3, -0.25) is 29.1 Å². The molecule has 1 atom stereocenters. The predicted octanol–water partition coefficient (Wildman–Crippen LogP) is 3.13. The first-order valence-electron chi connectivity index (χ1n) is 11.7. The number of carbonyl (C=O) groups excluding carboxylic acids is 3. The number of aryl methyl sites for hydroxylation is 1. The third-order valence-electron chi connectivity index (χ3n) is 6.76. The summed E-state index contributed by atoms with van der Waals surface area (Å²) in [5, 5.41) is 2.45. The maximum absolute atomic E-state index is 13.2. The summed E-state index contributed by atoms with van der Waals surface area (Å²) in [5.74, 6) is -0.801. The zero-order chi connectivity index (χ0) is 24.3. The van der Waals surface area contributed by atoms with Gasteiger partial charge in [-0.2, -0.15) is 0 Å². The number of carbonyl (C=O) groups is 3. The molecule has 1 unspecified atom stereocenters. The molecule has 174 valence electrons. The van der Waals surface area contributed by atoms with E-state index in [1.165, 1.54) is 0 Å². The van der Waals surface area contributed by atoms with Crippen molar-refractivity contribution in [1.82, 2.24) is 14.7 Å². The molecule has 0 radical (unpaired) electrons. The number of nitrogens with zero attached hydrogens (tertiary/aromatic N) is 4. The van der Waals surface area contributed by atoms with Crippen LogP contribution in [0, 0.1) is 6.92 Å². The van der Waals surface area contributed by atoms with Gasteiger partial charge >= 0.3 is 0 Å². The summed E-state index contributed by atoms with van der Waals surface area (Å²) in [6.45, 7) is 3.95. The van der Waals surface area contributed by atoms with Gasteiger partial charge < -0.3 is 4.90 Å². The summed E-state index contributed by atoms with van der Waals surface area (Å²) in [6.07, 6.45) is 8.79. The van der Waals surface area contributed by atoms with Crippen LogP contribution in [0.2, 0.25) is 0 Å². The van der Waals surface area contributed by atoms with Crippen molar-refractivity contribution in [3.63, 3.8) is 0 Å². The van der Waals surface area contributed by atoms with Gasteiger partial charge in [-0.05, 0) is 30.5 Å². The largest absolute Gasteiger partial charge is 0.335 e. The Morgan fingerprint density at radius 1 is 1.14 bits per heavy atom. The number of pyridine rings is 1. The predicted molar refractivity (Wildman–Crippen MR) is 132 cm³/mol. The Labute approximate surface area is 201 Å². The Kier molecular flexibility index (Phi) is 4.77. The lowest BCUT2D eigenvalue weighted by molar-refractivity contribution is -0.123. The summed E-state index contributed by atoms with van der Waals surface area (Å²) in [4.78, 5) is 50.1. The maximum Gasteiger partial charge on any atom is 0.261 e. The first-order valence-corrected chi connectivity index (χ1v) is 11.7. The fraction of sp³-hybridized carbons (Fsp3) is 0.222. The summed E-state index contributed by atoms with van der Waals surface area (Å²) in [5.41, 5.74) is 5.67. The molecule has 2 amide bonds. The van der Waals surface area contributed by atoms with Crippen molar-refractivity contribution in [2.24, 2.45) is 4.99 Å². The number of para-hydroxylation sites is 1. The van der Waals surface area contributed by atoms with Gasteiger partial charge in [0.15, 0.2) is 5.78 Å². The number of hydrogen-bond donors (Lipinski definition) is 1. The number of Topliss-reactive ketones (excluding diaryl/α,β-unsaturated/α-hetero) is 1. The van der Waals surface area contributed by atoms with E-state index < -0.39 is 11.8 Å².